The number of anilines is 1. The van der Waals surface area contributed by atoms with Crippen LogP contribution >= 0.6 is 23.2 Å². The zero-order valence-corrected chi connectivity index (χ0v) is 21.0. The van der Waals surface area contributed by atoms with E-state index in [9.17, 15) is 19.5 Å². The van der Waals surface area contributed by atoms with Crippen LogP contribution in [0.15, 0.2) is 42.6 Å². The summed E-state index contributed by atoms with van der Waals surface area (Å²) in [6.45, 7) is 0.706. The maximum Gasteiger partial charge on any atom is 0.326 e. The van der Waals surface area contributed by atoms with Crippen molar-refractivity contribution in [3.8, 4) is 0 Å². The molecule has 1 heterocycles. The Morgan fingerprint density at radius 1 is 1.00 bits per heavy atom. The average Bonchev–Trinajstić information content (AvgIpc) is 2.83. The number of aliphatic carboxylic acids is 1. The number of pyridine rings is 1. The predicted molar refractivity (Wildman–Crippen MR) is 137 cm³/mol. The fourth-order valence-corrected chi connectivity index (χ4v) is 5.13. The highest BCUT2D eigenvalue weighted by atomic mass is 35.5. The zero-order valence-electron chi connectivity index (χ0n) is 19.5. The monoisotopic (exact) mass is 519 g/mol. The molecule has 1 aliphatic carbocycles. The number of Topliss-reactive ketones (excluding diaryl/α,β-unsaturated/α-hetero) is 1. The maximum atomic E-state index is 12.6. The lowest BCUT2D eigenvalue weighted by Gasteiger charge is -2.30. The van der Waals surface area contributed by atoms with Gasteiger partial charge in [0.15, 0.2) is 0 Å². The lowest BCUT2D eigenvalue weighted by Crippen LogP contribution is -2.42. The van der Waals surface area contributed by atoms with Gasteiger partial charge in [-0.15, -0.1) is 0 Å². The minimum Gasteiger partial charge on any atom is -0.480 e. The number of hydrogen-bond donors (Lipinski definition) is 3. The summed E-state index contributed by atoms with van der Waals surface area (Å²) in [5.74, 6) is -0.0926. The molecule has 2 aromatic rings. The highest BCUT2D eigenvalue weighted by Gasteiger charge is 2.29. The van der Waals surface area contributed by atoms with Crippen LogP contribution in [-0.4, -0.2) is 40.3 Å². The Balaban J connectivity index is 1.39. The van der Waals surface area contributed by atoms with E-state index in [2.05, 4.69) is 15.6 Å². The van der Waals surface area contributed by atoms with Crippen LogP contribution in [0.5, 0.6) is 0 Å². The van der Waals surface area contributed by atoms with Gasteiger partial charge in [-0.3, -0.25) is 9.59 Å². The fourth-order valence-electron chi connectivity index (χ4n) is 4.56. The van der Waals surface area contributed by atoms with Crippen molar-refractivity contribution in [2.45, 2.75) is 57.4 Å². The third kappa shape index (κ3) is 8.51. The number of amides is 1. The molecule has 188 valence electrons. The highest BCUT2D eigenvalue weighted by molar-refractivity contribution is 6.39. The van der Waals surface area contributed by atoms with Crippen LogP contribution in [0.1, 0.15) is 61.7 Å². The van der Waals surface area contributed by atoms with E-state index in [4.69, 9.17) is 23.2 Å². The summed E-state index contributed by atoms with van der Waals surface area (Å²) in [6, 6.07) is 9.35. The molecule has 1 fully saturated rings. The number of carbonyl (C=O) groups excluding carboxylic acids is 2. The van der Waals surface area contributed by atoms with E-state index >= 15 is 0 Å². The Morgan fingerprint density at radius 3 is 2.31 bits per heavy atom. The average molecular weight is 520 g/mol. The Labute approximate surface area is 215 Å². The SMILES string of the molecule is O=C(CCCNc1ccccn1)CC1CCC(C[C@H](NC(=O)c2c(Cl)cccc2Cl)C(=O)O)CC1. The van der Waals surface area contributed by atoms with Crippen LogP contribution < -0.4 is 10.6 Å². The van der Waals surface area contributed by atoms with Crippen molar-refractivity contribution >= 4 is 46.7 Å². The normalized spacial score (nSPS) is 18.5. The van der Waals surface area contributed by atoms with Crippen molar-refractivity contribution in [2.75, 3.05) is 11.9 Å². The summed E-state index contributed by atoms with van der Waals surface area (Å²) >= 11 is 12.2. The van der Waals surface area contributed by atoms with Gasteiger partial charge in [-0.05, 0) is 61.8 Å². The summed E-state index contributed by atoms with van der Waals surface area (Å²) in [6.07, 6.45) is 7.39. The molecule has 1 atom stereocenters. The minimum absolute atomic E-state index is 0.0829. The largest absolute Gasteiger partial charge is 0.480 e. The topological polar surface area (TPSA) is 108 Å². The number of nitrogens with one attached hydrogen (secondary N) is 2. The molecule has 3 rings (SSSR count). The van der Waals surface area contributed by atoms with Gasteiger partial charge < -0.3 is 15.7 Å². The quantitative estimate of drug-likeness (QED) is 0.314. The number of carbonyl (C=O) groups is 3. The number of benzene rings is 1. The number of halogens is 2. The molecule has 0 unspecified atom stereocenters. The van der Waals surface area contributed by atoms with Crippen LogP contribution in [0.4, 0.5) is 5.82 Å². The van der Waals surface area contributed by atoms with E-state index in [1.807, 2.05) is 18.2 Å². The van der Waals surface area contributed by atoms with Crippen molar-refractivity contribution in [1.29, 1.82) is 0 Å². The second-order valence-electron chi connectivity index (χ2n) is 9.07. The van der Waals surface area contributed by atoms with Gasteiger partial charge >= 0.3 is 5.97 Å². The molecule has 0 aliphatic heterocycles. The number of aromatic nitrogens is 1. The first kappa shape index (κ1) is 27.0. The van der Waals surface area contributed by atoms with Crippen molar-refractivity contribution in [2.24, 2.45) is 11.8 Å². The molecular formula is C26H31Cl2N3O4. The van der Waals surface area contributed by atoms with Crippen LogP contribution in [0, 0.1) is 11.8 Å². The molecule has 1 aliphatic rings. The fraction of sp³-hybridized carbons (Fsp3) is 0.462. The Kier molecular flexibility index (Phi) is 10.4. The molecule has 35 heavy (non-hydrogen) atoms. The predicted octanol–water partition coefficient (Wildman–Crippen LogP) is 5.62. The van der Waals surface area contributed by atoms with Crippen LogP contribution in [-0.2, 0) is 9.59 Å². The maximum absolute atomic E-state index is 12.6. The lowest BCUT2D eigenvalue weighted by molar-refractivity contribution is -0.139. The first-order chi connectivity index (χ1) is 16.8. The highest BCUT2D eigenvalue weighted by Crippen LogP contribution is 2.34. The molecule has 1 aromatic carbocycles. The number of rotatable bonds is 12. The van der Waals surface area contributed by atoms with Gasteiger partial charge in [-0.2, -0.15) is 0 Å². The van der Waals surface area contributed by atoms with Crippen LogP contribution in [0.2, 0.25) is 10.0 Å². The van der Waals surface area contributed by atoms with E-state index in [0.717, 1.165) is 37.9 Å². The van der Waals surface area contributed by atoms with Gasteiger partial charge in [0.2, 0.25) is 0 Å². The van der Waals surface area contributed by atoms with Gasteiger partial charge in [0.25, 0.3) is 5.91 Å². The second kappa shape index (κ2) is 13.4. The van der Waals surface area contributed by atoms with Gasteiger partial charge in [-0.25, -0.2) is 9.78 Å². The molecular weight excluding hydrogens is 489 g/mol. The zero-order chi connectivity index (χ0) is 25.2. The van der Waals surface area contributed by atoms with E-state index in [0.29, 0.717) is 31.7 Å². The molecule has 0 saturated heterocycles. The Bertz CT molecular complexity index is 991. The van der Waals surface area contributed by atoms with Gasteiger partial charge in [0.05, 0.1) is 15.6 Å². The Hall–Kier alpha value is -2.64. The first-order valence-corrected chi connectivity index (χ1v) is 12.7. The molecule has 1 aromatic heterocycles. The molecule has 7 nitrogen and oxygen atoms in total. The Morgan fingerprint density at radius 2 is 1.69 bits per heavy atom. The van der Waals surface area contributed by atoms with Gasteiger partial charge in [-0.1, -0.05) is 48.2 Å². The molecule has 0 bridgehead atoms. The van der Waals surface area contributed by atoms with Crippen molar-refractivity contribution < 1.29 is 19.5 Å². The van der Waals surface area contributed by atoms with E-state index in [1.54, 1.807) is 12.3 Å². The second-order valence-corrected chi connectivity index (χ2v) is 9.89. The summed E-state index contributed by atoms with van der Waals surface area (Å²) in [7, 11) is 0. The molecule has 0 radical (unpaired) electrons. The standard InChI is InChI=1S/C26H31Cl2N3O4/c27-20-6-3-7-21(28)24(20)25(33)31-22(26(34)35)16-18-11-9-17(10-12-18)15-19(32)5-4-14-30-23-8-1-2-13-29-23/h1-3,6-8,13,17-18,22H,4-5,9-12,14-16H2,(H,29,30)(H,31,33)(H,34,35)/t17?,18?,22-/m0/s1. The summed E-state index contributed by atoms with van der Waals surface area (Å²) in [5, 5.41) is 15.8. The lowest BCUT2D eigenvalue weighted by atomic mass is 9.77. The third-order valence-corrected chi connectivity index (χ3v) is 7.08. The smallest absolute Gasteiger partial charge is 0.326 e. The molecule has 3 N–H and O–H groups in total. The van der Waals surface area contributed by atoms with Gasteiger partial charge in [0, 0.05) is 25.6 Å². The number of nitrogens with zero attached hydrogens (tertiary/aromatic N) is 1. The number of hydrogen-bond acceptors (Lipinski definition) is 5. The van der Waals surface area contributed by atoms with Crippen molar-refractivity contribution in [3.05, 3.63) is 58.2 Å². The van der Waals surface area contributed by atoms with E-state index < -0.39 is 17.9 Å². The van der Waals surface area contributed by atoms with Crippen molar-refractivity contribution in [3.63, 3.8) is 0 Å². The summed E-state index contributed by atoms with van der Waals surface area (Å²) < 4.78 is 0. The third-order valence-electron chi connectivity index (χ3n) is 6.45. The molecule has 9 heteroatoms. The number of carboxylic acid groups (broad SMARTS) is 1. The first-order valence-electron chi connectivity index (χ1n) is 12.0. The van der Waals surface area contributed by atoms with Crippen LogP contribution in [0.3, 0.4) is 0 Å². The summed E-state index contributed by atoms with van der Waals surface area (Å²) in [5.41, 5.74) is 0.0829. The van der Waals surface area contributed by atoms with Gasteiger partial charge in [0.1, 0.15) is 17.6 Å². The molecule has 1 amide bonds. The molecule has 1 saturated carbocycles. The molecule has 0 spiro atoms. The number of carboxylic acids is 1. The minimum atomic E-state index is -1.09. The number of ketones is 1. The van der Waals surface area contributed by atoms with Crippen LogP contribution in [0.25, 0.3) is 0 Å². The van der Waals surface area contributed by atoms with E-state index in [1.165, 1.54) is 12.1 Å². The van der Waals surface area contributed by atoms with Crippen molar-refractivity contribution in [1.82, 2.24) is 10.3 Å². The summed E-state index contributed by atoms with van der Waals surface area (Å²) in [4.78, 5) is 41.0. The van der Waals surface area contributed by atoms with E-state index in [-0.39, 0.29) is 27.3 Å².